The molecule has 0 spiro atoms. The van der Waals surface area contributed by atoms with Crippen molar-refractivity contribution < 1.29 is 19.0 Å². The Bertz CT molecular complexity index is 626. The van der Waals surface area contributed by atoms with Gasteiger partial charge in [0, 0.05) is 10.5 Å². The molecule has 3 nitrogen and oxygen atoms in total. The number of benzene rings is 2. The first-order chi connectivity index (χ1) is 8.97. The van der Waals surface area contributed by atoms with Gasteiger partial charge in [-0.1, -0.05) is 33.6 Å². The highest BCUT2D eigenvalue weighted by atomic mass is 79.9. The van der Waals surface area contributed by atoms with E-state index >= 15 is 0 Å². The van der Waals surface area contributed by atoms with E-state index in [0.29, 0.717) is 4.47 Å². The number of carbonyl (C=O) groups is 1. The third kappa shape index (κ3) is 3.24. The summed E-state index contributed by atoms with van der Waals surface area (Å²) in [7, 11) is 0. The van der Waals surface area contributed by atoms with Gasteiger partial charge in [-0.05, 0) is 24.3 Å². The first-order valence-electron chi connectivity index (χ1n) is 5.13. The van der Waals surface area contributed by atoms with Crippen LogP contribution in [0.15, 0.2) is 40.9 Å². The average Bonchev–Trinajstić information content (AvgIpc) is 2.30. The van der Waals surface area contributed by atoms with Crippen molar-refractivity contribution in [1.29, 1.82) is 0 Å². The van der Waals surface area contributed by atoms with Gasteiger partial charge in [-0.15, -0.1) is 0 Å². The number of carboxylic acids is 1. The quantitative estimate of drug-likeness (QED) is 0.874. The Morgan fingerprint density at radius 2 is 2.05 bits per heavy atom. The van der Waals surface area contributed by atoms with Crippen LogP contribution in [0.1, 0.15) is 10.4 Å². The van der Waals surface area contributed by atoms with Gasteiger partial charge in [0.2, 0.25) is 0 Å². The van der Waals surface area contributed by atoms with Crippen LogP contribution < -0.4 is 4.74 Å². The molecule has 2 aromatic carbocycles. The second-order valence-corrected chi connectivity index (χ2v) is 4.95. The number of aromatic carboxylic acids is 1. The van der Waals surface area contributed by atoms with Crippen LogP contribution >= 0.6 is 27.5 Å². The van der Waals surface area contributed by atoms with Gasteiger partial charge in [-0.2, -0.15) is 0 Å². The second kappa shape index (κ2) is 5.59. The van der Waals surface area contributed by atoms with Gasteiger partial charge in [-0.3, -0.25) is 0 Å². The van der Waals surface area contributed by atoms with Crippen molar-refractivity contribution in [3.05, 3.63) is 57.3 Å². The molecule has 0 saturated carbocycles. The molecular formula is C13H7BrClFO3. The van der Waals surface area contributed by atoms with E-state index in [9.17, 15) is 9.18 Å². The van der Waals surface area contributed by atoms with Crippen LogP contribution in [0.4, 0.5) is 4.39 Å². The molecule has 0 bridgehead atoms. The van der Waals surface area contributed by atoms with Crippen molar-refractivity contribution in [2.24, 2.45) is 0 Å². The van der Waals surface area contributed by atoms with E-state index in [1.807, 2.05) is 0 Å². The van der Waals surface area contributed by atoms with E-state index in [2.05, 4.69) is 15.9 Å². The summed E-state index contributed by atoms with van der Waals surface area (Å²) in [5, 5.41) is 9.19. The number of ether oxygens (including phenoxy) is 1. The monoisotopic (exact) mass is 344 g/mol. The Hall–Kier alpha value is -1.59. The number of hydrogen-bond donors (Lipinski definition) is 1. The number of carboxylic acid groups (broad SMARTS) is 1. The Labute approximate surface area is 121 Å². The molecule has 0 atom stereocenters. The van der Waals surface area contributed by atoms with E-state index < -0.39 is 11.8 Å². The lowest BCUT2D eigenvalue weighted by atomic mass is 10.2. The van der Waals surface area contributed by atoms with Gasteiger partial charge in [0.25, 0.3) is 0 Å². The lowest BCUT2D eigenvalue weighted by Crippen LogP contribution is -2.00. The molecule has 0 amide bonds. The lowest BCUT2D eigenvalue weighted by Gasteiger charge is -2.10. The molecule has 0 aliphatic heterocycles. The molecule has 2 aromatic rings. The summed E-state index contributed by atoms with van der Waals surface area (Å²) in [6.07, 6.45) is 0. The number of rotatable bonds is 3. The minimum absolute atomic E-state index is 0.0193. The van der Waals surface area contributed by atoms with Crippen molar-refractivity contribution in [3.63, 3.8) is 0 Å². The predicted molar refractivity (Wildman–Crippen MR) is 72.6 cm³/mol. The van der Waals surface area contributed by atoms with Crippen LogP contribution in [0.5, 0.6) is 11.5 Å². The first kappa shape index (κ1) is 13.8. The topological polar surface area (TPSA) is 46.5 Å². The maximum atomic E-state index is 13.2. The fourth-order valence-electron chi connectivity index (χ4n) is 1.49. The van der Waals surface area contributed by atoms with E-state index in [1.165, 1.54) is 30.3 Å². The van der Waals surface area contributed by atoms with Gasteiger partial charge in [0.1, 0.15) is 17.1 Å². The summed E-state index contributed by atoms with van der Waals surface area (Å²) in [5.41, 5.74) is -0.0899. The van der Waals surface area contributed by atoms with E-state index in [4.69, 9.17) is 21.4 Å². The number of para-hydroxylation sites is 1. The Balaban J connectivity index is 2.45. The third-order valence-corrected chi connectivity index (χ3v) is 3.01. The molecule has 0 aromatic heterocycles. The third-order valence-electron chi connectivity index (χ3n) is 2.25. The summed E-state index contributed by atoms with van der Waals surface area (Å²) >= 11 is 9.03. The molecule has 0 fully saturated rings. The highest BCUT2D eigenvalue weighted by molar-refractivity contribution is 9.10. The zero-order valence-corrected chi connectivity index (χ0v) is 11.7. The van der Waals surface area contributed by atoms with Crippen molar-refractivity contribution in [2.45, 2.75) is 0 Å². The molecular weight excluding hydrogens is 338 g/mol. The van der Waals surface area contributed by atoms with Crippen LogP contribution in [-0.4, -0.2) is 11.1 Å². The summed E-state index contributed by atoms with van der Waals surface area (Å²) in [6, 6.07) is 8.27. The van der Waals surface area contributed by atoms with Gasteiger partial charge in [0.15, 0.2) is 5.75 Å². The van der Waals surface area contributed by atoms with Crippen LogP contribution in [0.3, 0.4) is 0 Å². The van der Waals surface area contributed by atoms with Crippen molar-refractivity contribution in [2.75, 3.05) is 0 Å². The van der Waals surface area contributed by atoms with Crippen LogP contribution in [0, 0.1) is 5.82 Å². The fraction of sp³-hybridized carbons (Fsp3) is 0. The molecule has 2 rings (SSSR count). The lowest BCUT2D eigenvalue weighted by molar-refractivity contribution is 0.0694. The number of halogens is 3. The van der Waals surface area contributed by atoms with Gasteiger partial charge in [-0.25, -0.2) is 9.18 Å². The largest absolute Gasteiger partial charge is 0.478 e. The Morgan fingerprint density at radius 3 is 2.68 bits per heavy atom. The van der Waals surface area contributed by atoms with Crippen molar-refractivity contribution in [1.82, 2.24) is 0 Å². The maximum absolute atomic E-state index is 13.2. The molecule has 0 aliphatic carbocycles. The zero-order chi connectivity index (χ0) is 14.0. The average molecular weight is 346 g/mol. The highest BCUT2D eigenvalue weighted by Crippen LogP contribution is 2.34. The minimum atomic E-state index is -1.17. The van der Waals surface area contributed by atoms with Crippen molar-refractivity contribution in [3.8, 4) is 11.5 Å². The van der Waals surface area contributed by atoms with Gasteiger partial charge < -0.3 is 9.84 Å². The summed E-state index contributed by atoms with van der Waals surface area (Å²) in [5.74, 6) is -1.54. The minimum Gasteiger partial charge on any atom is -0.478 e. The maximum Gasteiger partial charge on any atom is 0.339 e. The summed E-state index contributed by atoms with van der Waals surface area (Å²) < 4.78 is 19.1. The predicted octanol–water partition coefficient (Wildman–Crippen LogP) is 4.73. The molecule has 19 heavy (non-hydrogen) atoms. The molecule has 1 N–H and O–H groups in total. The van der Waals surface area contributed by atoms with E-state index in [-0.39, 0.29) is 22.1 Å². The standard InChI is InChI=1S/C13H7BrClFO3/c14-7-4-8(16)6-9(5-7)19-12-10(13(17)18)2-1-3-11(12)15/h1-6H,(H,17,18). The zero-order valence-electron chi connectivity index (χ0n) is 9.36. The van der Waals surface area contributed by atoms with E-state index in [0.717, 1.165) is 6.07 Å². The normalized spacial score (nSPS) is 10.3. The molecule has 6 heteroatoms. The molecule has 0 heterocycles. The van der Waals surface area contributed by atoms with Crippen LogP contribution in [-0.2, 0) is 0 Å². The van der Waals surface area contributed by atoms with Gasteiger partial charge >= 0.3 is 5.97 Å². The first-order valence-corrected chi connectivity index (χ1v) is 6.30. The molecule has 0 aliphatic rings. The Morgan fingerprint density at radius 1 is 1.32 bits per heavy atom. The SMILES string of the molecule is O=C(O)c1cccc(Cl)c1Oc1cc(F)cc(Br)c1. The summed E-state index contributed by atoms with van der Waals surface area (Å²) in [6.45, 7) is 0. The molecule has 0 saturated heterocycles. The van der Waals surface area contributed by atoms with Gasteiger partial charge in [0.05, 0.1) is 5.02 Å². The molecule has 0 unspecified atom stereocenters. The van der Waals surface area contributed by atoms with Crippen LogP contribution in [0.25, 0.3) is 0 Å². The summed E-state index contributed by atoms with van der Waals surface area (Å²) in [4.78, 5) is 11.1. The highest BCUT2D eigenvalue weighted by Gasteiger charge is 2.15. The molecule has 98 valence electrons. The fourth-order valence-corrected chi connectivity index (χ4v) is 2.14. The van der Waals surface area contributed by atoms with Crippen molar-refractivity contribution >= 4 is 33.5 Å². The van der Waals surface area contributed by atoms with Crippen LogP contribution in [0.2, 0.25) is 5.02 Å². The van der Waals surface area contributed by atoms with E-state index in [1.54, 1.807) is 0 Å². The second-order valence-electron chi connectivity index (χ2n) is 3.63. The number of hydrogen-bond acceptors (Lipinski definition) is 2. The smallest absolute Gasteiger partial charge is 0.339 e. The Kier molecular flexibility index (Phi) is 4.07. The molecule has 0 radical (unpaired) electrons.